The molecule has 0 aliphatic rings. The van der Waals surface area contributed by atoms with Gasteiger partial charge in [-0.3, -0.25) is 4.79 Å². The quantitative estimate of drug-likeness (QED) is 0.810. The van der Waals surface area contributed by atoms with Gasteiger partial charge in [-0.1, -0.05) is 35.5 Å². The second kappa shape index (κ2) is 6.18. The van der Waals surface area contributed by atoms with Crippen molar-refractivity contribution in [1.82, 2.24) is 5.16 Å². The first-order chi connectivity index (χ1) is 9.18. The van der Waals surface area contributed by atoms with Crippen LogP contribution in [0.5, 0.6) is 0 Å². The van der Waals surface area contributed by atoms with E-state index >= 15 is 0 Å². The molecule has 1 aromatic carbocycles. The summed E-state index contributed by atoms with van der Waals surface area (Å²) in [6.07, 6.45) is 3.77. The molecule has 0 atom stereocenters. The number of hydrogen-bond acceptors (Lipinski definition) is 3. The van der Waals surface area contributed by atoms with Crippen LogP contribution in [0, 0.1) is 6.92 Å². The summed E-state index contributed by atoms with van der Waals surface area (Å²) >= 11 is 0. The number of carbonyl (C=O) groups is 1. The molecule has 1 heterocycles. The standard InChI is InChI=1S/C15H18N2O2/c1-11-14(15(16)18)13(17-19-11)10-6-5-9-12-7-3-2-4-8-12/h2-4,7-8H,5-6,9-10H2,1H3,(H2,16,18). The summed E-state index contributed by atoms with van der Waals surface area (Å²) in [4.78, 5) is 11.3. The van der Waals surface area contributed by atoms with Gasteiger partial charge in [0.05, 0.1) is 5.69 Å². The lowest BCUT2D eigenvalue weighted by atomic mass is 10.0. The van der Waals surface area contributed by atoms with Crippen molar-refractivity contribution < 1.29 is 9.32 Å². The maximum atomic E-state index is 11.3. The number of amides is 1. The summed E-state index contributed by atoms with van der Waals surface area (Å²) in [6, 6.07) is 10.3. The Hall–Kier alpha value is -2.10. The number of rotatable bonds is 6. The Morgan fingerprint density at radius 2 is 1.89 bits per heavy atom. The van der Waals surface area contributed by atoms with E-state index in [1.165, 1.54) is 5.56 Å². The number of unbranched alkanes of at least 4 members (excludes halogenated alkanes) is 1. The molecule has 100 valence electrons. The van der Waals surface area contributed by atoms with Gasteiger partial charge in [-0.2, -0.15) is 0 Å². The third-order valence-electron chi connectivity index (χ3n) is 3.15. The molecule has 4 nitrogen and oxygen atoms in total. The summed E-state index contributed by atoms with van der Waals surface area (Å²) in [6.45, 7) is 1.71. The number of hydrogen-bond donors (Lipinski definition) is 1. The fraction of sp³-hybridized carbons (Fsp3) is 0.333. The third kappa shape index (κ3) is 3.44. The highest BCUT2D eigenvalue weighted by Crippen LogP contribution is 2.15. The van der Waals surface area contributed by atoms with Gasteiger partial charge in [0, 0.05) is 0 Å². The van der Waals surface area contributed by atoms with Crippen LogP contribution in [-0.2, 0) is 12.8 Å². The lowest BCUT2D eigenvalue weighted by Gasteiger charge is -2.01. The Balaban J connectivity index is 1.85. The largest absolute Gasteiger partial charge is 0.365 e. The summed E-state index contributed by atoms with van der Waals surface area (Å²) in [7, 11) is 0. The number of nitrogens with two attached hydrogens (primary N) is 1. The molecule has 4 heteroatoms. The van der Waals surface area contributed by atoms with E-state index in [4.69, 9.17) is 10.3 Å². The Bertz CT molecular complexity index is 547. The molecule has 2 rings (SSSR count). The zero-order chi connectivity index (χ0) is 13.7. The molecule has 19 heavy (non-hydrogen) atoms. The van der Waals surface area contributed by atoms with Crippen molar-refractivity contribution in [3.63, 3.8) is 0 Å². The van der Waals surface area contributed by atoms with Crippen LogP contribution >= 0.6 is 0 Å². The van der Waals surface area contributed by atoms with Crippen LogP contribution in [0.2, 0.25) is 0 Å². The molecule has 0 unspecified atom stereocenters. The minimum atomic E-state index is -0.461. The second-order valence-electron chi connectivity index (χ2n) is 4.62. The molecule has 2 N–H and O–H groups in total. The van der Waals surface area contributed by atoms with Crippen LogP contribution in [0.1, 0.15) is 40.2 Å². The molecule has 1 amide bonds. The average Bonchev–Trinajstić information content (AvgIpc) is 2.77. The number of aromatic nitrogens is 1. The van der Waals surface area contributed by atoms with Gasteiger partial charge >= 0.3 is 0 Å². The molecular formula is C15H18N2O2. The Labute approximate surface area is 112 Å². The summed E-state index contributed by atoms with van der Waals surface area (Å²) in [5.41, 5.74) is 7.77. The normalized spacial score (nSPS) is 10.6. The van der Waals surface area contributed by atoms with E-state index in [0.717, 1.165) is 25.7 Å². The zero-order valence-corrected chi connectivity index (χ0v) is 11.1. The summed E-state index contributed by atoms with van der Waals surface area (Å²) in [5, 5.41) is 3.91. The van der Waals surface area contributed by atoms with E-state index in [2.05, 4.69) is 17.3 Å². The zero-order valence-electron chi connectivity index (χ0n) is 11.1. The smallest absolute Gasteiger partial charge is 0.254 e. The highest BCUT2D eigenvalue weighted by Gasteiger charge is 2.16. The third-order valence-corrected chi connectivity index (χ3v) is 3.15. The Kier molecular flexibility index (Phi) is 4.34. The Morgan fingerprint density at radius 1 is 1.21 bits per heavy atom. The molecule has 2 aromatic rings. The molecule has 0 aliphatic heterocycles. The van der Waals surface area contributed by atoms with Crippen molar-refractivity contribution >= 4 is 5.91 Å². The van der Waals surface area contributed by atoms with E-state index in [1.54, 1.807) is 6.92 Å². The summed E-state index contributed by atoms with van der Waals surface area (Å²) in [5.74, 6) is 0.0439. The molecule has 0 bridgehead atoms. The van der Waals surface area contributed by atoms with Crippen LogP contribution in [0.25, 0.3) is 0 Å². The number of nitrogens with zero attached hydrogens (tertiary/aromatic N) is 1. The van der Waals surface area contributed by atoms with E-state index < -0.39 is 5.91 Å². The molecular weight excluding hydrogens is 240 g/mol. The highest BCUT2D eigenvalue weighted by molar-refractivity contribution is 5.94. The minimum absolute atomic E-state index is 0.444. The first kappa shape index (κ1) is 13.3. The van der Waals surface area contributed by atoms with E-state index in [9.17, 15) is 4.79 Å². The molecule has 0 saturated heterocycles. The topological polar surface area (TPSA) is 69.1 Å². The van der Waals surface area contributed by atoms with Crippen LogP contribution < -0.4 is 5.73 Å². The van der Waals surface area contributed by atoms with Gasteiger partial charge in [0.25, 0.3) is 5.91 Å². The van der Waals surface area contributed by atoms with Crippen LogP contribution in [-0.4, -0.2) is 11.1 Å². The molecule has 1 aromatic heterocycles. The maximum absolute atomic E-state index is 11.3. The molecule has 0 aliphatic carbocycles. The molecule has 0 fully saturated rings. The predicted octanol–water partition coefficient (Wildman–Crippen LogP) is 2.65. The van der Waals surface area contributed by atoms with Crippen molar-refractivity contribution in [3.8, 4) is 0 Å². The van der Waals surface area contributed by atoms with Crippen molar-refractivity contribution in [2.45, 2.75) is 32.6 Å². The first-order valence-electron chi connectivity index (χ1n) is 6.47. The Morgan fingerprint density at radius 3 is 2.58 bits per heavy atom. The fourth-order valence-corrected chi connectivity index (χ4v) is 2.17. The monoisotopic (exact) mass is 258 g/mol. The van der Waals surface area contributed by atoms with Crippen molar-refractivity contribution in [1.29, 1.82) is 0 Å². The van der Waals surface area contributed by atoms with E-state index in [1.807, 2.05) is 18.2 Å². The average molecular weight is 258 g/mol. The van der Waals surface area contributed by atoms with Gasteiger partial charge < -0.3 is 10.3 Å². The molecule has 0 saturated carbocycles. The lowest BCUT2D eigenvalue weighted by Crippen LogP contribution is -2.13. The fourth-order valence-electron chi connectivity index (χ4n) is 2.17. The number of primary amides is 1. The number of aryl methyl sites for hydroxylation is 3. The minimum Gasteiger partial charge on any atom is -0.365 e. The lowest BCUT2D eigenvalue weighted by molar-refractivity contribution is 0.0998. The second-order valence-corrected chi connectivity index (χ2v) is 4.62. The SMILES string of the molecule is Cc1onc(CCCCc2ccccc2)c1C(N)=O. The van der Waals surface area contributed by atoms with Gasteiger partial charge in [-0.25, -0.2) is 0 Å². The summed E-state index contributed by atoms with van der Waals surface area (Å²) < 4.78 is 5.02. The van der Waals surface area contributed by atoms with Crippen molar-refractivity contribution in [2.24, 2.45) is 5.73 Å². The molecule has 0 spiro atoms. The van der Waals surface area contributed by atoms with Crippen molar-refractivity contribution in [2.75, 3.05) is 0 Å². The first-order valence-corrected chi connectivity index (χ1v) is 6.47. The number of carbonyl (C=O) groups excluding carboxylic acids is 1. The predicted molar refractivity (Wildman–Crippen MR) is 72.8 cm³/mol. The van der Waals surface area contributed by atoms with Crippen LogP contribution in [0.15, 0.2) is 34.9 Å². The van der Waals surface area contributed by atoms with E-state index in [0.29, 0.717) is 17.0 Å². The van der Waals surface area contributed by atoms with Gasteiger partial charge in [0.1, 0.15) is 11.3 Å². The van der Waals surface area contributed by atoms with Gasteiger partial charge in [-0.05, 0) is 38.2 Å². The van der Waals surface area contributed by atoms with Crippen LogP contribution in [0.4, 0.5) is 0 Å². The van der Waals surface area contributed by atoms with E-state index in [-0.39, 0.29) is 0 Å². The maximum Gasteiger partial charge on any atom is 0.254 e. The number of benzene rings is 1. The van der Waals surface area contributed by atoms with Crippen molar-refractivity contribution in [3.05, 3.63) is 52.9 Å². The molecule has 0 radical (unpaired) electrons. The van der Waals surface area contributed by atoms with Gasteiger partial charge in [0.2, 0.25) is 0 Å². The van der Waals surface area contributed by atoms with Gasteiger partial charge in [0.15, 0.2) is 0 Å². The highest BCUT2D eigenvalue weighted by atomic mass is 16.5. The van der Waals surface area contributed by atoms with Gasteiger partial charge in [-0.15, -0.1) is 0 Å². The van der Waals surface area contributed by atoms with Crippen LogP contribution in [0.3, 0.4) is 0 Å².